The molecule has 0 aliphatic rings. The summed E-state index contributed by atoms with van der Waals surface area (Å²) in [5.41, 5.74) is -0.219. The number of para-hydroxylation sites is 2. The van der Waals surface area contributed by atoms with Crippen molar-refractivity contribution in [3.05, 3.63) is 34.4 Å². The van der Waals surface area contributed by atoms with E-state index in [-0.39, 0.29) is 11.6 Å². The zero-order valence-corrected chi connectivity index (χ0v) is 10.7. The molecular formula is C12H17N3O3. The van der Waals surface area contributed by atoms with Crippen molar-refractivity contribution in [3.8, 4) is 0 Å². The predicted molar refractivity (Wildman–Crippen MR) is 69.4 cm³/mol. The molecule has 0 unspecified atom stereocenters. The van der Waals surface area contributed by atoms with Crippen LogP contribution in [0.1, 0.15) is 13.8 Å². The van der Waals surface area contributed by atoms with Gasteiger partial charge in [-0.1, -0.05) is 12.1 Å². The van der Waals surface area contributed by atoms with Gasteiger partial charge in [-0.3, -0.25) is 14.9 Å². The highest BCUT2D eigenvalue weighted by Gasteiger charge is 2.27. The molecule has 0 aromatic heterocycles. The summed E-state index contributed by atoms with van der Waals surface area (Å²) in [5, 5.41) is 16.3. The monoisotopic (exact) mass is 251 g/mol. The Morgan fingerprint density at radius 3 is 2.56 bits per heavy atom. The number of nitro groups is 1. The SMILES string of the molecule is CNC(=O)C(C)(C)CNc1ccccc1[N+](=O)[O-]. The average Bonchev–Trinajstić information content (AvgIpc) is 2.35. The zero-order chi connectivity index (χ0) is 13.8. The summed E-state index contributed by atoms with van der Waals surface area (Å²) in [6.45, 7) is 3.86. The second-order valence-electron chi connectivity index (χ2n) is 4.59. The molecule has 0 spiro atoms. The standard InChI is InChI=1S/C12H17N3O3/c1-12(2,11(16)13-3)8-14-9-6-4-5-7-10(9)15(17)18/h4-7,14H,8H2,1-3H3,(H,13,16). The Balaban J connectivity index is 2.81. The number of anilines is 1. The van der Waals surface area contributed by atoms with Gasteiger partial charge in [0.2, 0.25) is 5.91 Å². The van der Waals surface area contributed by atoms with Crippen LogP contribution in [0.25, 0.3) is 0 Å². The van der Waals surface area contributed by atoms with E-state index in [1.165, 1.54) is 6.07 Å². The van der Waals surface area contributed by atoms with Crippen molar-refractivity contribution in [1.82, 2.24) is 5.32 Å². The highest BCUT2D eigenvalue weighted by Crippen LogP contribution is 2.25. The molecule has 0 bridgehead atoms. The molecule has 98 valence electrons. The number of benzene rings is 1. The van der Waals surface area contributed by atoms with Crippen LogP contribution in [0.3, 0.4) is 0 Å². The maximum atomic E-state index is 11.6. The molecule has 0 aliphatic heterocycles. The zero-order valence-electron chi connectivity index (χ0n) is 10.7. The summed E-state index contributed by atoms with van der Waals surface area (Å²) in [5.74, 6) is -0.117. The summed E-state index contributed by atoms with van der Waals surface area (Å²) in [6.07, 6.45) is 0. The predicted octanol–water partition coefficient (Wildman–Crippen LogP) is 1.78. The molecule has 0 heterocycles. The van der Waals surface area contributed by atoms with Gasteiger partial charge in [-0.05, 0) is 19.9 Å². The van der Waals surface area contributed by atoms with E-state index in [0.717, 1.165) is 0 Å². The van der Waals surface area contributed by atoms with E-state index in [0.29, 0.717) is 12.2 Å². The minimum atomic E-state index is -0.640. The topological polar surface area (TPSA) is 84.3 Å². The molecule has 0 radical (unpaired) electrons. The van der Waals surface area contributed by atoms with Crippen molar-refractivity contribution in [3.63, 3.8) is 0 Å². The molecule has 1 amide bonds. The van der Waals surface area contributed by atoms with Crippen LogP contribution < -0.4 is 10.6 Å². The number of nitrogens with one attached hydrogen (secondary N) is 2. The van der Waals surface area contributed by atoms with Gasteiger partial charge in [-0.2, -0.15) is 0 Å². The lowest BCUT2D eigenvalue weighted by Crippen LogP contribution is -2.39. The molecule has 6 heteroatoms. The fourth-order valence-electron chi connectivity index (χ4n) is 1.52. The molecule has 1 rings (SSSR count). The quantitative estimate of drug-likeness (QED) is 0.617. The van der Waals surface area contributed by atoms with Gasteiger partial charge in [0.15, 0.2) is 0 Å². The van der Waals surface area contributed by atoms with Crippen LogP contribution in [0.15, 0.2) is 24.3 Å². The summed E-state index contributed by atoms with van der Waals surface area (Å²) < 4.78 is 0. The number of carbonyl (C=O) groups is 1. The van der Waals surface area contributed by atoms with Crippen molar-refractivity contribution < 1.29 is 9.72 Å². The first-order chi connectivity index (χ1) is 8.38. The molecule has 0 aliphatic carbocycles. The second kappa shape index (κ2) is 5.48. The van der Waals surface area contributed by atoms with Crippen LogP contribution in [-0.2, 0) is 4.79 Å². The third kappa shape index (κ3) is 3.19. The van der Waals surface area contributed by atoms with E-state index < -0.39 is 10.3 Å². The molecule has 1 aromatic carbocycles. The normalized spacial score (nSPS) is 10.8. The number of rotatable bonds is 5. The number of hydrogen-bond acceptors (Lipinski definition) is 4. The summed E-state index contributed by atoms with van der Waals surface area (Å²) in [7, 11) is 1.56. The number of hydrogen-bond donors (Lipinski definition) is 2. The summed E-state index contributed by atoms with van der Waals surface area (Å²) in [4.78, 5) is 22.0. The van der Waals surface area contributed by atoms with Crippen LogP contribution in [0.2, 0.25) is 0 Å². The van der Waals surface area contributed by atoms with Gasteiger partial charge in [-0.25, -0.2) is 0 Å². The Labute approximate surface area is 106 Å². The van der Waals surface area contributed by atoms with Gasteiger partial charge in [-0.15, -0.1) is 0 Å². The largest absolute Gasteiger partial charge is 0.378 e. The Morgan fingerprint density at radius 2 is 2.00 bits per heavy atom. The van der Waals surface area contributed by atoms with Crippen molar-refractivity contribution in [1.29, 1.82) is 0 Å². The lowest BCUT2D eigenvalue weighted by atomic mass is 9.92. The molecule has 0 saturated carbocycles. The van der Waals surface area contributed by atoms with Gasteiger partial charge in [0.05, 0.1) is 10.3 Å². The van der Waals surface area contributed by atoms with Crippen molar-refractivity contribution >= 4 is 17.3 Å². The average molecular weight is 251 g/mol. The number of nitro benzene ring substituents is 1. The third-order valence-electron chi connectivity index (χ3n) is 2.66. The van der Waals surface area contributed by atoms with E-state index in [2.05, 4.69) is 10.6 Å². The first-order valence-corrected chi connectivity index (χ1v) is 5.58. The fourth-order valence-corrected chi connectivity index (χ4v) is 1.52. The van der Waals surface area contributed by atoms with E-state index in [1.807, 2.05) is 0 Å². The van der Waals surface area contributed by atoms with Gasteiger partial charge >= 0.3 is 0 Å². The van der Waals surface area contributed by atoms with E-state index in [9.17, 15) is 14.9 Å². The molecule has 18 heavy (non-hydrogen) atoms. The Bertz CT molecular complexity index is 458. The van der Waals surface area contributed by atoms with E-state index in [1.54, 1.807) is 39.1 Å². The third-order valence-corrected chi connectivity index (χ3v) is 2.66. The van der Waals surface area contributed by atoms with Crippen molar-refractivity contribution in [2.45, 2.75) is 13.8 Å². The van der Waals surface area contributed by atoms with E-state index in [4.69, 9.17) is 0 Å². The van der Waals surface area contributed by atoms with Crippen LogP contribution >= 0.6 is 0 Å². The smallest absolute Gasteiger partial charge is 0.292 e. The fraction of sp³-hybridized carbons (Fsp3) is 0.417. The van der Waals surface area contributed by atoms with E-state index >= 15 is 0 Å². The van der Waals surface area contributed by atoms with Crippen LogP contribution in [0.5, 0.6) is 0 Å². The molecule has 1 aromatic rings. The van der Waals surface area contributed by atoms with Crippen molar-refractivity contribution in [2.24, 2.45) is 5.41 Å². The Kier molecular flexibility index (Phi) is 4.25. The summed E-state index contributed by atoms with van der Waals surface area (Å²) in [6, 6.07) is 6.36. The van der Waals surface area contributed by atoms with Crippen molar-refractivity contribution in [2.75, 3.05) is 18.9 Å². The highest BCUT2D eigenvalue weighted by atomic mass is 16.6. The van der Waals surface area contributed by atoms with Gasteiger partial charge < -0.3 is 10.6 Å². The molecule has 6 nitrogen and oxygen atoms in total. The molecule has 0 fully saturated rings. The highest BCUT2D eigenvalue weighted by molar-refractivity contribution is 5.82. The lowest BCUT2D eigenvalue weighted by Gasteiger charge is -2.23. The van der Waals surface area contributed by atoms with Crippen LogP contribution in [0.4, 0.5) is 11.4 Å². The number of nitrogens with zero attached hydrogens (tertiary/aromatic N) is 1. The Morgan fingerprint density at radius 1 is 1.39 bits per heavy atom. The first-order valence-electron chi connectivity index (χ1n) is 5.58. The van der Waals surface area contributed by atoms with Crippen LogP contribution in [-0.4, -0.2) is 24.4 Å². The number of amides is 1. The maximum absolute atomic E-state index is 11.6. The minimum Gasteiger partial charge on any atom is -0.378 e. The second-order valence-corrected chi connectivity index (χ2v) is 4.59. The first kappa shape index (κ1) is 14.0. The Hall–Kier alpha value is -2.11. The van der Waals surface area contributed by atoms with Gasteiger partial charge in [0, 0.05) is 19.7 Å². The van der Waals surface area contributed by atoms with Gasteiger partial charge in [0.1, 0.15) is 5.69 Å². The molecule has 0 saturated heterocycles. The summed E-state index contributed by atoms with van der Waals surface area (Å²) >= 11 is 0. The van der Waals surface area contributed by atoms with Gasteiger partial charge in [0.25, 0.3) is 5.69 Å². The van der Waals surface area contributed by atoms with Crippen LogP contribution in [0, 0.1) is 15.5 Å². The number of carbonyl (C=O) groups excluding carboxylic acids is 1. The molecule has 0 atom stereocenters. The molecular weight excluding hydrogens is 234 g/mol. The lowest BCUT2D eigenvalue weighted by molar-refractivity contribution is -0.384. The maximum Gasteiger partial charge on any atom is 0.292 e. The minimum absolute atomic E-state index is 0.00482. The molecule has 2 N–H and O–H groups in total.